The highest BCUT2D eigenvalue weighted by Gasteiger charge is 2.19. The summed E-state index contributed by atoms with van der Waals surface area (Å²) in [7, 11) is -3.69. The number of sulfonamides is 1. The smallest absolute Gasteiger partial charge is 0.238 e. The van der Waals surface area contributed by atoms with Crippen molar-refractivity contribution in [2.24, 2.45) is 5.14 Å². The van der Waals surface area contributed by atoms with Crippen LogP contribution in [-0.4, -0.2) is 54.5 Å². The highest BCUT2D eigenvalue weighted by atomic mass is 32.2. The zero-order valence-corrected chi connectivity index (χ0v) is 16.2. The van der Waals surface area contributed by atoms with E-state index in [4.69, 9.17) is 5.14 Å². The van der Waals surface area contributed by atoms with Crippen molar-refractivity contribution in [2.45, 2.75) is 11.4 Å². The molecule has 8 nitrogen and oxygen atoms in total. The molecule has 0 aliphatic carbocycles. The van der Waals surface area contributed by atoms with Gasteiger partial charge in [0, 0.05) is 38.4 Å². The maximum Gasteiger partial charge on any atom is 0.238 e. The second kappa shape index (κ2) is 7.70. The Morgan fingerprint density at radius 1 is 0.929 bits per heavy atom. The van der Waals surface area contributed by atoms with Gasteiger partial charge in [-0.3, -0.25) is 4.90 Å². The fourth-order valence-electron chi connectivity index (χ4n) is 3.33. The molecule has 146 valence electrons. The fourth-order valence-corrected chi connectivity index (χ4v) is 3.88. The number of hydrogen-bond donors (Lipinski definition) is 1. The van der Waals surface area contributed by atoms with Crippen molar-refractivity contribution >= 4 is 15.7 Å². The van der Waals surface area contributed by atoms with Crippen LogP contribution >= 0.6 is 0 Å². The molecule has 1 aliphatic heterocycles. The van der Waals surface area contributed by atoms with Gasteiger partial charge in [-0.05, 0) is 30.3 Å². The van der Waals surface area contributed by atoms with Crippen molar-refractivity contribution < 1.29 is 8.42 Å². The summed E-state index contributed by atoms with van der Waals surface area (Å²) in [5, 5.41) is 13.7. The molecule has 0 radical (unpaired) electrons. The predicted octanol–water partition coefficient (Wildman–Crippen LogP) is 1.24. The molecule has 3 aromatic rings. The summed E-state index contributed by atoms with van der Waals surface area (Å²) in [6.07, 6.45) is 1.96. The Morgan fingerprint density at radius 2 is 1.64 bits per heavy atom. The van der Waals surface area contributed by atoms with Gasteiger partial charge < -0.3 is 4.90 Å². The maximum absolute atomic E-state index is 11.6. The fraction of sp³-hybridized carbons (Fsp3) is 0.263. The molecule has 28 heavy (non-hydrogen) atoms. The molecule has 0 saturated carbocycles. The van der Waals surface area contributed by atoms with Gasteiger partial charge in [0.2, 0.25) is 10.0 Å². The molecule has 0 atom stereocenters. The lowest BCUT2D eigenvalue weighted by Crippen LogP contribution is -2.46. The quantitative estimate of drug-likeness (QED) is 0.694. The number of nitrogens with zero attached hydrogens (tertiary/aromatic N) is 5. The van der Waals surface area contributed by atoms with Gasteiger partial charge in [-0.25, -0.2) is 18.2 Å². The lowest BCUT2D eigenvalue weighted by molar-refractivity contribution is 0.247. The summed E-state index contributed by atoms with van der Waals surface area (Å²) in [6.45, 7) is 4.06. The minimum atomic E-state index is -3.69. The van der Waals surface area contributed by atoms with Crippen LogP contribution in [0.4, 0.5) is 5.69 Å². The van der Waals surface area contributed by atoms with Crippen LogP contribution in [0.3, 0.4) is 0 Å². The summed E-state index contributed by atoms with van der Waals surface area (Å²) < 4.78 is 24.9. The van der Waals surface area contributed by atoms with Gasteiger partial charge in [-0.1, -0.05) is 29.5 Å². The number of piperazine rings is 1. The topological polar surface area (TPSA) is 97.3 Å². The number of primary sulfonamides is 1. The minimum Gasteiger partial charge on any atom is -0.369 e. The van der Waals surface area contributed by atoms with E-state index < -0.39 is 10.0 Å². The van der Waals surface area contributed by atoms with E-state index in [0.717, 1.165) is 49.8 Å². The van der Waals surface area contributed by atoms with Crippen LogP contribution in [0.1, 0.15) is 5.69 Å². The Hall–Kier alpha value is -2.75. The SMILES string of the molecule is NS(=O)(=O)c1cccc(N2CCN(Cc3cn(-c4ccccc4)nn3)CC2)c1. The molecule has 1 saturated heterocycles. The van der Waals surface area contributed by atoms with Crippen molar-refractivity contribution in [1.82, 2.24) is 19.9 Å². The third kappa shape index (κ3) is 4.22. The second-order valence-corrected chi connectivity index (χ2v) is 8.36. The van der Waals surface area contributed by atoms with Crippen LogP contribution in [0.15, 0.2) is 65.7 Å². The first-order chi connectivity index (χ1) is 13.5. The summed E-state index contributed by atoms with van der Waals surface area (Å²) in [5.74, 6) is 0. The third-order valence-corrected chi connectivity index (χ3v) is 5.74. The van der Waals surface area contributed by atoms with E-state index in [9.17, 15) is 8.42 Å². The van der Waals surface area contributed by atoms with Crippen LogP contribution in [0.2, 0.25) is 0 Å². The largest absolute Gasteiger partial charge is 0.369 e. The van der Waals surface area contributed by atoms with E-state index in [-0.39, 0.29) is 4.90 Å². The highest BCUT2D eigenvalue weighted by molar-refractivity contribution is 7.89. The van der Waals surface area contributed by atoms with Gasteiger partial charge in [0.15, 0.2) is 0 Å². The van der Waals surface area contributed by atoms with Crippen LogP contribution in [0, 0.1) is 0 Å². The first-order valence-electron chi connectivity index (χ1n) is 9.06. The molecule has 2 heterocycles. The van der Waals surface area contributed by atoms with Crippen LogP contribution in [0.5, 0.6) is 0 Å². The predicted molar refractivity (Wildman–Crippen MR) is 107 cm³/mol. The summed E-state index contributed by atoms with van der Waals surface area (Å²) in [5.41, 5.74) is 2.79. The van der Waals surface area contributed by atoms with Gasteiger partial charge in [-0.2, -0.15) is 0 Å². The lowest BCUT2D eigenvalue weighted by Gasteiger charge is -2.35. The zero-order valence-electron chi connectivity index (χ0n) is 15.3. The van der Waals surface area contributed by atoms with E-state index in [2.05, 4.69) is 20.1 Å². The molecule has 0 spiro atoms. The van der Waals surface area contributed by atoms with Gasteiger partial charge in [0.1, 0.15) is 0 Å². The lowest BCUT2D eigenvalue weighted by atomic mass is 10.2. The summed E-state index contributed by atoms with van der Waals surface area (Å²) in [6, 6.07) is 16.7. The van der Waals surface area contributed by atoms with E-state index in [1.807, 2.05) is 42.6 Å². The Balaban J connectivity index is 1.37. The molecule has 0 unspecified atom stereocenters. The Morgan fingerprint density at radius 3 is 2.36 bits per heavy atom. The van der Waals surface area contributed by atoms with Crippen molar-refractivity contribution in [2.75, 3.05) is 31.1 Å². The molecular weight excluding hydrogens is 376 g/mol. The first kappa shape index (κ1) is 18.6. The molecule has 2 N–H and O–H groups in total. The van der Waals surface area contributed by atoms with E-state index in [1.54, 1.807) is 16.8 Å². The van der Waals surface area contributed by atoms with Crippen molar-refractivity contribution in [3.8, 4) is 5.69 Å². The zero-order chi connectivity index (χ0) is 19.6. The highest BCUT2D eigenvalue weighted by Crippen LogP contribution is 2.20. The molecule has 0 bridgehead atoms. The third-order valence-electron chi connectivity index (χ3n) is 4.83. The monoisotopic (exact) mass is 398 g/mol. The van der Waals surface area contributed by atoms with Gasteiger partial charge in [0.05, 0.1) is 22.5 Å². The molecule has 9 heteroatoms. The van der Waals surface area contributed by atoms with Crippen molar-refractivity contribution in [1.29, 1.82) is 0 Å². The number of hydrogen-bond acceptors (Lipinski definition) is 6. The van der Waals surface area contributed by atoms with Gasteiger partial charge >= 0.3 is 0 Å². The Kier molecular flexibility index (Phi) is 5.12. The van der Waals surface area contributed by atoms with E-state index >= 15 is 0 Å². The van der Waals surface area contributed by atoms with Crippen LogP contribution in [-0.2, 0) is 16.6 Å². The summed E-state index contributed by atoms with van der Waals surface area (Å²) in [4.78, 5) is 4.63. The van der Waals surface area contributed by atoms with Crippen LogP contribution in [0.25, 0.3) is 5.69 Å². The number of anilines is 1. The molecule has 2 aromatic carbocycles. The van der Waals surface area contributed by atoms with Gasteiger partial charge in [0.25, 0.3) is 0 Å². The Bertz CT molecular complexity index is 1040. The molecule has 1 aromatic heterocycles. The van der Waals surface area contributed by atoms with Gasteiger partial charge in [-0.15, -0.1) is 5.10 Å². The number of benzene rings is 2. The number of aromatic nitrogens is 3. The second-order valence-electron chi connectivity index (χ2n) is 6.80. The first-order valence-corrected chi connectivity index (χ1v) is 10.6. The molecular formula is C19H22N6O2S. The summed E-state index contributed by atoms with van der Waals surface area (Å²) >= 11 is 0. The average molecular weight is 398 g/mol. The number of nitrogens with two attached hydrogens (primary N) is 1. The Labute approximate surface area is 164 Å². The molecule has 4 rings (SSSR count). The van der Waals surface area contributed by atoms with Crippen LogP contribution < -0.4 is 10.0 Å². The molecule has 1 fully saturated rings. The van der Waals surface area contributed by atoms with E-state index in [0.29, 0.717) is 0 Å². The normalized spacial score (nSPS) is 15.7. The van der Waals surface area contributed by atoms with Crippen molar-refractivity contribution in [3.63, 3.8) is 0 Å². The number of rotatable bonds is 5. The van der Waals surface area contributed by atoms with E-state index in [1.165, 1.54) is 6.07 Å². The maximum atomic E-state index is 11.6. The minimum absolute atomic E-state index is 0.143. The van der Waals surface area contributed by atoms with Crippen molar-refractivity contribution in [3.05, 3.63) is 66.5 Å². The molecule has 1 aliphatic rings. The standard InChI is InChI=1S/C19H22N6O2S/c20-28(26,27)19-8-4-7-18(13-19)24-11-9-23(10-12-24)14-16-15-25(22-21-16)17-5-2-1-3-6-17/h1-8,13,15H,9-12,14H2,(H2,20,26,27). The number of para-hydroxylation sites is 1. The average Bonchev–Trinajstić information content (AvgIpc) is 3.17. The molecule has 0 amide bonds.